The molecule has 0 bridgehead atoms. The van der Waals surface area contributed by atoms with E-state index in [0.717, 1.165) is 11.4 Å². The van der Waals surface area contributed by atoms with Crippen molar-refractivity contribution in [2.75, 3.05) is 0 Å². The van der Waals surface area contributed by atoms with E-state index in [0.29, 0.717) is 18.0 Å². The molecule has 2 nitrogen and oxygen atoms in total. The summed E-state index contributed by atoms with van der Waals surface area (Å²) in [5.41, 5.74) is 1.35. The summed E-state index contributed by atoms with van der Waals surface area (Å²) in [5, 5.41) is 13.7. The van der Waals surface area contributed by atoms with Crippen LogP contribution < -0.4 is 5.32 Å². The standard InChI is InChI=1S/C15H22ClNO/c1-10(6-11(2)18)17-15-8-13(9-15)12-4-3-5-14(16)7-12/h3-5,7,10-11,13,15,17-18H,6,8-9H2,1-2H3. The van der Waals surface area contributed by atoms with Gasteiger partial charge in [-0.05, 0) is 56.7 Å². The minimum Gasteiger partial charge on any atom is -0.393 e. The first-order valence-corrected chi connectivity index (χ1v) is 7.12. The highest BCUT2D eigenvalue weighted by molar-refractivity contribution is 6.30. The average molecular weight is 268 g/mol. The van der Waals surface area contributed by atoms with Crippen molar-refractivity contribution in [2.45, 2.75) is 57.2 Å². The summed E-state index contributed by atoms with van der Waals surface area (Å²) < 4.78 is 0. The molecule has 2 unspecified atom stereocenters. The van der Waals surface area contributed by atoms with Gasteiger partial charge in [0.2, 0.25) is 0 Å². The Bertz CT molecular complexity index is 388. The van der Waals surface area contributed by atoms with Crippen LogP contribution in [0, 0.1) is 0 Å². The molecule has 0 heterocycles. The monoisotopic (exact) mass is 267 g/mol. The molecule has 1 aliphatic rings. The molecule has 0 radical (unpaired) electrons. The van der Waals surface area contributed by atoms with Gasteiger partial charge in [-0.2, -0.15) is 0 Å². The highest BCUT2D eigenvalue weighted by Gasteiger charge is 2.31. The summed E-state index contributed by atoms with van der Waals surface area (Å²) in [6, 6.07) is 9.14. The molecule has 2 atom stereocenters. The van der Waals surface area contributed by atoms with Crippen molar-refractivity contribution in [1.29, 1.82) is 0 Å². The Balaban J connectivity index is 1.77. The van der Waals surface area contributed by atoms with E-state index < -0.39 is 0 Å². The van der Waals surface area contributed by atoms with Crippen LogP contribution in [0.25, 0.3) is 0 Å². The first-order valence-electron chi connectivity index (χ1n) is 6.74. The molecule has 1 aromatic rings. The van der Waals surface area contributed by atoms with Crippen LogP contribution >= 0.6 is 11.6 Å². The summed E-state index contributed by atoms with van der Waals surface area (Å²) >= 11 is 6.00. The molecule has 100 valence electrons. The maximum absolute atomic E-state index is 9.33. The molecule has 0 aromatic heterocycles. The molecular weight excluding hydrogens is 246 g/mol. The van der Waals surface area contributed by atoms with E-state index >= 15 is 0 Å². The second-order valence-corrected chi connectivity index (χ2v) is 6.01. The molecule has 1 saturated carbocycles. The van der Waals surface area contributed by atoms with Crippen LogP contribution in [0.2, 0.25) is 5.02 Å². The van der Waals surface area contributed by atoms with Gasteiger partial charge in [0.05, 0.1) is 6.10 Å². The zero-order chi connectivity index (χ0) is 13.1. The van der Waals surface area contributed by atoms with Crippen LogP contribution in [0.15, 0.2) is 24.3 Å². The van der Waals surface area contributed by atoms with Crippen molar-refractivity contribution in [3.8, 4) is 0 Å². The van der Waals surface area contributed by atoms with Crippen LogP contribution in [-0.4, -0.2) is 23.3 Å². The largest absolute Gasteiger partial charge is 0.393 e. The Labute approximate surface area is 114 Å². The first-order chi connectivity index (χ1) is 8.54. The van der Waals surface area contributed by atoms with E-state index in [1.54, 1.807) is 0 Å². The van der Waals surface area contributed by atoms with E-state index in [1.807, 2.05) is 19.1 Å². The number of hydrogen-bond donors (Lipinski definition) is 2. The van der Waals surface area contributed by atoms with Gasteiger partial charge in [-0.25, -0.2) is 0 Å². The van der Waals surface area contributed by atoms with Gasteiger partial charge in [-0.3, -0.25) is 0 Å². The fourth-order valence-electron chi connectivity index (χ4n) is 2.77. The molecule has 2 rings (SSSR count). The van der Waals surface area contributed by atoms with Crippen LogP contribution in [0.4, 0.5) is 0 Å². The molecule has 1 fully saturated rings. The maximum Gasteiger partial charge on any atom is 0.0526 e. The van der Waals surface area contributed by atoms with Crippen molar-refractivity contribution in [3.63, 3.8) is 0 Å². The highest BCUT2D eigenvalue weighted by Crippen LogP contribution is 2.37. The molecule has 0 aliphatic heterocycles. The minimum absolute atomic E-state index is 0.226. The lowest BCUT2D eigenvalue weighted by atomic mass is 9.75. The molecular formula is C15H22ClNO. The van der Waals surface area contributed by atoms with Crippen LogP contribution in [-0.2, 0) is 0 Å². The molecule has 1 aliphatic carbocycles. The minimum atomic E-state index is -0.226. The Morgan fingerprint density at radius 2 is 2.11 bits per heavy atom. The fourth-order valence-corrected chi connectivity index (χ4v) is 2.97. The Morgan fingerprint density at radius 3 is 2.72 bits per heavy atom. The Hall–Kier alpha value is -0.570. The van der Waals surface area contributed by atoms with Gasteiger partial charge in [0.15, 0.2) is 0 Å². The summed E-state index contributed by atoms with van der Waals surface area (Å²) in [7, 11) is 0. The molecule has 3 heteroatoms. The highest BCUT2D eigenvalue weighted by atomic mass is 35.5. The van der Waals surface area contributed by atoms with Crippen LogP contribution in [0.3, 0.4) is 0 Å². The molecule has 1 aromatic carbocycles. The lowest BCUT2D eigenvalue weighted by Gasteiger charge is -2.38. The number of halogens is 1. The lowest BCUT2D eigenvalue weighted by Crippen LogP contribution is -2.45. The zero-order valence-corrected chi connectivity index (χ0v) is 11.8. The van der Waals surface area contributed by atoms with Crippen LogP contribution in [0.5, 0.6) is 0 Å². The summed E-state index contributed by atoms with van der Waals surface area (Å²) in [4.78, 5) is 0. The van der Waals surface area contributed by atoms with E-state index in [-0.39, 0.29) is 6.10 Å². The van der Waals surface area contributed by atoms with E-state index in [4.69, 9.17) is 11.6 Å². The molecule has 18 heavy (non-hydrogen) atoms. The zero-order valence-electron chi connectivity index (χ0n) is 11.1. The third kappa shape index (κ3) is 3.71. The molecule has 0 amide bonds. The average Bonchev–Trinajstić information content (AvgIpc) is 2.21. The van der Waals surface area contributed by atoms with Gasteiger partial charge in [0, 0.05) is 17.1 Å². The smallest absolute Gasteiger partial charge is 0.0526 e. The Morgan fingerprint density at radius 1 is 1.39 bits per heavy atom. The third-order valence-corrected chi connectivity index (χ3v) is 3.91. The van der Waals surface area contributed by atoms with Gasteiger partial charge < -0.3 is 10.4 Å². The van der Waals surface area contributed by atoms with Gasteiger partial charge in [0.1, 0.15) is 0 Å². The van der Waals surface area contributed by atoms with Crippen LogP contribution in [0.1, 0.15) is 44.6 Å². The van der Waals surface area contributed by atoms with Gasteiger partial charge in [-0.15, -0.1) is 0 Å². The lowest BCUT2D eigenvalue weighted by molar-refractivity contribution is 0.159. The van der Waals surface area contributed by atoms with E-state index in [9.17, 15) is 5.11 Å². The third-order valence-electron chi connectivity index (χ3n) is 3.67. The number of benzene rings is 1. The fraction of sp³-hybridized carbons (Fsp3) is 0.600. The molecule has 0 saturated heterocycles. The second-order valence-electron chi connectivity index (χ2n) is 5.57. The van der Waals surface area contributed by atoms with Crippen molar-refractivity contribution in [3.05, 3.63) is 34.9 Å². The number of hydrogen-bond acceptors (Lipinski definition) is 2. The van der Waals surface area contributed by atoms with Gasteiger partial charge in [-0.1, -0.05) is 23.7 Å². The van der Waals surface area contributed by atoms with Gasteiger partial charge in [0.25, 0.3) is 0 Å². The topological polar surface area (TPSA) is 32.3 Å². The second kappa shape index (κ2) is 6.05. The van der Waals surface area contributed by atoms with Crippen molar-refractivity contribution in [2.24, 2.45) is 0 Å². The predicted molar refractivity (Wildman–Crippen MR) is 76.1 cm³/mol. The predicted octanol–water partition coefficient (Wildman–Crippen LogP) is 3.34. The quantitative estimate of drug-likeness (QED) is 0.858. The first kappa shape index (κ1) is 13.9. The summed E-state index contributed by atoms with van der Waals surface area (Å²) in [6.45, 7) is 3.98. The SMILES string of the molecule is CC(O)CC(C)NC1CC(c2cccc(Cl)c2)C1. The number of rotatable bonds is 5. The molecule has 0 spiro atoms. The number of aliphatic hydroxyl groups is 1. The van der Waals surface area contributed by atoms with E-state index in [1.165, 1.54) is 18.4 Å². The molecule has 2 N–H and O–H groups in total. The number of aliphatic hydroxyl groups excluding tert-OH is 1. The maximum atomic E-state index is 9.33. The summed E-state index contributed by atoms with van der Waals surface area (Å²) in [5.74, 6) is 0.639. The van der Waals surface area contributed by atoms with Crippen molar-refractivity contribution < 1.29 is 5.11 Å². The van der Waals surface area contributed by atoms with Gasteiger partial charge >= 0.3 is 0 Å². The normalized spacial score (nSPS) is 26.4. The number of nitrogens with one attached hydrogen (secondary N) is 1. The van der Waals surface area contributed by atoms with E-state index in [2.05, 4.69) is 24.4 Å². The summed E-state index contributed by atoms with van der Waals surface area (Å²) in [6.07, 6.45) is 2.93. The van der Waals surface area contributed by atoms with Crippen molar-refractivity contribution in [1.82, 2.24) is 5.32 Å². The Kier molecular flexibility index (Phi) is 4.66. The van der Waals surface area contributed by atoms with Crippen molar-refractivity contribution >= 4 is 11.6 Å².